The number of unbranched alkanes of at least 4 members (excludes halogenated alkanes) is 2. The lowest BCUT2D eigenvalue weighted by molar-refractivity contribution is 0.628. The first kappa shape index (κ1) is 17.0. The Morgan fingerprint density at radius 1 is 0.731 bits per heavy atom. The summed E-state index contributed by atoms with van der Waals surface area (Å²) in [4.78, 5) is 0. The van der Waals surface area contributed by atoms with E-state index in [1.54, 1.807) is 0 Å². The molecule has 0 N–H and O–H groups in total. The van der Waals surface area contributed by atoms with Crippen LogP contribution in [0.25, 0.3) is 22.3 Å². The van der Waals surface area contributed by atoms with Crippen molar-refractivity contribution < 1.29 is 4.39 Å². The summed E-state index contributed by atoms with van der Waals surface area (Å²) >= 11 is 0. The van der Waals surface area contributed by atoms with Crippen LogP contribution in [-0.2, 0) is 19.3 Å². The second-order valence-corrected chi connectivity index (χ2v) is 7.33. The summed E-state index contributed by atoms with van der Waals surface area (Å²) in [6.07, 6.45) is 7.25. The molecule has 0 heterocycles. The molecule has 0 atom stereocenters. The molecular weight excluding hydrogens is 319 g/mol. The SMILES string of the molecule is CCCCCc1ccc2c(c1)CCc1cc(-c3ccc(F)cc3)ccc1-2. The van der Waals surface area contributed by atoms with E-state index in [9.17, 15) is 4.39 Å². The fourth-order valence-corrected chi connectivity index (χ4v) is 4.01. The summed E-state index contributed by atoms with van der Waals surface area (Å²) in [6, 6.07) is 20.5. The summed E-state index contributed by atoms with van der Waals surface area (Å²) in [7, 11) is 0. The molecule has 1 aliphatic rings. The minimum Gasteiger partial charge on any atom is -0.207 e. The van der Waals surface area contributed by atoms with Gasteiger partial charge in [0.05, 0.1) is 0 Å². The van der Waals surface area contributed by atoms with E-state index in [1.165, 1.54) is 71.2 Å². The average molecular weight is 344 g/mol. The molecule has 4 rings (SSSR count). The molecule has 1 aliphatic carbocycles. The van der Waals surface area contributed by atoms with Crippen molar-refractivity contribution in [3.63, 3.8) is 0 Å². The number of fused-ring (bicyclic) bond motifs is 3. The lowest BCUT2D eigenvalue weighted by Crippen LogP contribution is -2.05. The van der Waals surface area contributed by atoms with Crippen molar-refractivity contribution >= 4 is 0 Å². The van der Waals surface area contributed by atoms with Gasteiger partial charge in [0.15, 0.2) is 0 Å². The van der Waals surface area contributed by atoms with Gasteiger partial charge < -0.3 is 0 Å². The molecule has 0 radical (unpaired) electrons. The predicted octanol–water partition coefficient (Wildman–Crippen LogP) is 6.99. The monoisotopic (exact) mass is 344 g/mol. The molecule has 132 valence electrons. The van der Waals surface area contributed by atoms with Crippen molar-refractivity contribution in [2.75, 3.05) is 0 Å². The van der Waals surface area contributed by atoms with Crippen LogP contribution in [0.5, 0.6) is 0 Å². The van der Waals surface area contributed by atoms with Gasteiger partial charge in [-0.05, 0) is 76.8 Å². The molecule has 0 bridgehead atoms. The quantitative estimate of drug-likeness (QED) is 0.437. The third kappa shape index (κ3) is 3.44. The van der Waals surface area contributed by atoms with Gasteiger partial charge >= 0.3 is 0 Å². The Hall–Kier alpha value is -2.41. The fourth-order valence-electron chi connectivity index (χ4n) is 4.01. The maximum Gasteiger partial charge on any atom is 0.123 e. The molecule has 0 spiro atoms. The smallest absolute Gasteiger partial charge is 0.123 e. The van der Waals surface area contributed by atoms with Crippen molar-refractivity contribution in [3.05, 3.63) is 83.2 Å². The molecule has 3 aromatic carbocycles. The summed E-state index contributed by atoms with van der Waals surface area (Å²) in [5.41, 5.74) is 9.35. The zero-order valence-electron chi connectivity index (χ0n) is 15.4. The standard InChI is InChI=1S/C25H25F/c1-2-3-4-5-18-6-14-24-21(16-18)7-8-22-17-20(11-15-25(22)24)19-9-12-23(26)13-10-19/h6,9-17H,2-5,7-8H2,1H3. The maximum atomic E-state index is 13.2. The maximum absolute atomic E-state index is 13.2. The molecule has 0 unspecified atom stereocenters. The van der Waals surface area contributed by atoms with Gasteiger partial charge in [-0.3, -0.25) is 0 Å². The Morgan fingerprint density at radius 3 is 2.12 bits per heavy atom. The van der Waals surface area contributed by atoms with Gasteiger partial charge in [0.2, 0.25) is 0 Å². The minimum absolute atomic E-state index is 0.185. The third-order valence-electron chi connectivity index (χ3n) is 5.48. The van der Waals surface area contributed by atoms with Crippen LogP contribution >= 0.6 is 0 Å². The Balaban J connectivity index is 1.62. The Morgan fingerprint density at radius 2 is 1.38 bits per heavy atom. The fraction of sp³-hybridized carbons (Fsp3) is 0.280. The number of rotatable bonds is 5. The second kappa shape index (κ2) is 7.45. The zero-order valence-corrected chi connectivity index (χ0v) is 15.4. The highest BCUT2D eigenvalue weighted by atomic mass is 19.1. The van der Waals surface area contributed by atoms with E-state index >= 15 is 0 Å². The lowest BCUT2D eigenvalue weighted by atomic mass is 9.83. The first-order valence-corrected chi connectivity index (χ1v) is 9.75. The van der Waals surface area contributed by atoms with E-state index in [-0.39, 0.29) is 5.82 Å². The van der Waals surface area contributed by atoms with E-state index in [4.69, 9.17) is 0 Å². The van der Waals surface area contributed by atoms with Crippen molar-refractivity contribution in [2.24, 2.45) is 0 Å². The number of hydrogen-bond donors (Lipinski definition) is 0. The highest BCUT2D eigenvalue weighted by Crippen LogP contribution is 2.36. The molecule has 0 saturated carbocycles. The molecule has 0 nitrogen and oxygen atoms in total. The van der Waals surface area contributed by atoms with Gasteiger partial charge in [0.1, 0.15) is 5.82 Å². The molecule has 0 aliphatic heterocycles. The summed E-state index contributed by atoms with van der Waals surface area (Å²) in [6.45, 7) is 2.25. The highest BCUT2D eigenvalue weighted by Gasteiger charge is 2.17. The summed E-state index contributed by atoms with van der Waals surface area (Å²) in [5.74, 6) is -0.185. The number of hydrogen-bond acceptors (Lipinski definition) is 0. The van der Waals surface area contributed by atoms with E-state index in [2.05, 4.69) is 43.3 Å². The van der Waals surface area contributed by atoms with Crippen LogP contribution in [0.3, 0.4) is 0 Å². The van der Waals surface area contributed by atoms with Gasteiger partial charge in [-0.2, -0.15) is 0 Å². The van der Waals surface area contributed by atoms with Crippen LogP contribution in [-0.4, -0.2) is 0 Å². The Bertz CT molecular complexity index is 906. The molecule has 0 saturated heterocycles. The molecule has 0 aromatic heterocycles. The first-order chi connectivity index (χ1) is 12.7. The number of halogens is 1. The summed E-state index contributed by atoms with van der Waals surface area (Å²) in [5, 5.41) is 0. The number of benzene rings is 3. The van der Waals surface area contributed by atoms with E-state index in [1.807, 2.05) is 12.1 Å². The predicted molar refractivity (Wildman–Crippen MR) is 108 cm³/mol. The third-order valence-corrected chi connectivity index (χ3v) is 5.48. The minimum atomic E-state index is -0.185. The molecular formula is C25H25F. The average Bonchev–Trinajstić information content (AvgIpc) is 2.68. The van der Waals surface area contributed by atoms with Crippen molar-refractivity contribution in [3.8, 4) is 22.3 Å². The van der Waals surface area contributed by atoms with Crippen LogP contribution in [0.15, 0.2) is 60.7 Å². The van der Waals surface area contributed by atoms with E-state index in [0.717, 1.165) is 18.4 Å². The van der Waals surface area contributed by atoms with E-state index in [0.29, 0.717) is 0 Å². The zero-order chi connectivity index (χ0) is 17.9. The van der Waals surface area contributed by atoms with Crippen LogP contribution in [0.2, 0.25) is 0 Å². The van der Waals surface area contributed by atoms with Crippen LogP contribution in [0, 0.1) is 5.82 Å². The normalized spacial score (nSPS) is 12.5. The van der Waals surface area contributed by atoms with Gasteiger partial charge in [0.25, 0.3) is 0 Å². The van der Waals surface area contributed by atoms with Crippen LogP contribution < -0.4 is 0 Å². The molecule has 26 heavy (non-hydrogen) atoms. The lowest BCUT2D eigenvalue weighted by Gasteiger charge is -2.21. The molecule has 3 aromatic rings. The summed E-state index contributed by atoms with van der Waals surface area (Å²) < 4.78 is 13.2. The largest absolute Gasteiger partial charge is 0.207 e. The van der Waals surface area contributed by atoms with Crippen molar-refractivity contribution in [1.82, 2.24) is 0 Å². The first-order valence-electron chi connectivity index (χ1n) is 9.75. The Kier molecular flexibility index (Phi) is 4.88. The number of aryl methyl sites for hydroxylation is 3. The van der Waals surface area contributed by atoms with Crippen molar-refractivity contribution in [1.29, 1.82) is 0 Å². The highest BCUT2D eigenvalue weighted by molar-refractivity contribution is 5.77. The van der Waals surface area contributed by atoms with Gasteiger partial charge in [-0.15, -0.1) is 0 Å². The van der Waals surface area contributed by atoms with Crippen molar-refractivity contribution in [2.45, 2.75) is 45.4 Å². The second-order valence-electron chi connectivity index (χ2n) is 7.33. The van der Waals surface area contributed by atoms with Gasteiger partial charge in [0, 0.05) is 0 Å². The molecule has 0 amide bonds. The topological polar surface area (TPSA) is 0 Å². The van der Waals surface area contributed by atoms with Gasteiger partial charge in [-0.25, -0.2) is 4.39 Å². The van der Waals surface area contributed by atoms with Crippen LogP contribution in [0.4, 0.5) is 4.39 Å². The van der Waals surface area contributed by atoms with E-state index < -0.39 is 0 Å². The molecule has 0 fully saturated rings. The molecule has 1 heteroatoms. The van der Waals surface area contributed by atoms with Crippen LogP contribution in [0.1, 0.15) is 42.9 Å². The Labute approximate surface area is 155 Å². The van der Waals surface area contributed by atoms with Gasteiger partial charge in [-0.1, -0.05) is 68.3 Å².